The van der Waals surface area contributed by atoms with E-state index in [2.05, 4.69) is 9.88 Å². The maximum absolute atomic E-state index is 13.1. The second-order valence-corrected chi connectivity index (χ2v) is 8.62. The number of ether oxygens (including phenoxy) is 1. The molecule has 0 amide bonds. The van der Waals surface area contributed by atoms with Crippen molar-refractivity contribution in [3.63, 3.8) is 0 Å². The van der Waals surface area contributed by atoms with Crippen LogP contribution in [0.5, 0.6) is 0 Å². The number of hydrogen-bond acceptors (Lipinski definition) is 6. The minimum Gasteiger partial charge on any atom is -0.460 e. The van der Waals surface area contributed by atoms with Crippen LogP contribution >= 0.6 is 11.3 Å². The zero-order valence-corrected chi connectivity index (χ0v) is 16.6. The highest BCUT2D eigenvalue weighted by molar-refractivity contribution is 7.14. The quantitative estimate of drug-likeness (QED) is 0.611. The molecule has 150 valence electrons. The summed E-state index contributed by atoms with van der Waals surface area (Å²) < 4.78 is 20.8. The lowest BCUT2D eigenvalue weighted by molar-refractivity contribution is -0.150. The highest BCUT2D eigenvalue weighted by atomic mass is 32.1. The van der Waals surface area contributed by atoms with Gasteiger partial charge in [-0.15, -0.1) is 11.3 Å². The van der Waals surface area contributed by atoms with Gasteiger partial charge in [-0.3, -0.25) is 4.79 Å². The van der Waals surface area contributed by atoms with Crippen molar-refractivity contribution < 1.29 is 13.9 Å². The molecule has 2 aliphatic heterocycles. The number of esters is 1. The first-order valence-corrected chi connectivity index (χ1v) is 10.6. The molecule has 2 aromatic heterocycles. The molecule has 5 rings (SSSR count). The Labute approximate surface area is 172 Å². The van der Waals surface area contributed by atoms with E-state index in [4.69, 9.17) is 9.72 Å². The Morgan fingerprint density at radius 1 is 1.24 bits per heavy atom. The van der Waals surface area contributed by atoms with Gasteiger partial charge in [0.1, 0.15) is 11.9 Å². The summed E-state index contributed by atoms with van der Waals surface area (Å²) in [5.74, 6) is -0.311. The number of cyclic esters (lactones) is 1. The summed E-state index contributed by atoms with van der Waals surface area (Å²) in [6, 6.07) is 6.39. The number of nitrogens with zero attached hydrogens (tertiary/aromatic N) is 4. The molecule has 0 aliphatic carbocycles. The van der Waals surface area contributed by atoms with Crippen LogP contribution in [0.3, 0.4) is 0 Å². The SMILES string of the molecule is O=C1OC(Cn2ccnc2)CC12CCN(c1nc(-c3ccc(F)cc3)cs1)CC2. The maximum Gasteiger partial charge on any atom is 0.312 e. The second-order valence-electron chi connectivity index (χ2n) is 7.78. The fraction of sp³-hybridized carbons (Fsp3) is 0.381. The summed E-state index contributed by atoms with van der Waals surface area (Å²) in [4.78, 5) is 23.7. The van der Waals surface area contributed by atoms with Crippen molar-refractivity contribution in [2.75, 3.05) is 18.0 Å². The Morgan fingerprint density at radius 2 is 2.03 bits per heavy atom. The highest BCUT2D eigenvalue weighted by Gasteiger charge is 2.50. The lowest BCUT2D eigenvalue weighted by atomic mass is 9.76. The molecule has 29 heavy (non-hydrogen) atoms. The number of anilines is 1. The van der Waals surface area contributed by atoms with E-state index in [1.165, 1.54) is 12.1 Å². The number of aromatic nitrogens is 3. The fourth-order valence-corrected chi connectivity index (χ4v) is 5.15. The molecule has 1 unspecified atom stereocenters. The third-order valence-corrected chi connectivity index (χ3v) is 6.82. The molecular weight excluding hydrogens is 391 g/mol. The first-order valence-electron chi connectivity index (χ1n) is 9.75. The molecule has 1 aromatic carbocycles. The summed E-state index contributed by atoms with van der Waals surface area (Å²) in [5.41, 5.74) is 1.38. The van der Waals surface area contributed by atoms with Gasteiger partial charge in [0.05, 0.1) is 24.0 Å². The second kappa shape index (κ2) is 7.26. The van der Waals surface area contributed by atoms with E-state index in [1.54, 1.807) is 36.0 Å². The van der Waals surface area contributed by atoms with Gasteiger partial charge in [0.15, 0.2) is 5.13 Å². The number of imidazole rings is 1. The van der Waals surface area contributed by atoms with Crippen LogP contribution < -0.4 is 4.90 Å². The van der Waals surface area contributed by atoms with E-state index >= 15 is 0 Å². The number of carbonyl (C=O) groups excluding carboxylic acids is 1. The molecule has 2 saturated heterocycles. The predicted molar refractivity (Wildman–Crippen MR) is 108 cm³/mol. The van der Waals surface area contributed by atoms with Crippen molar-refractivity contribution in [2.24, 2.45) is 5.41 Å². The van der Waals surface area contributed by atoms with Gasteiger partial charge in [-0.05, 0) is 37.1 Å². The average Bonchev–Trinajstić information content (AvgIpc) is 3.46. The highest BCUT2D eigenvalue weighted by Crippen LogP contribution is 2.44. The van der Waals surface area contributed by atoms with Crippen LogP contribution in [-0.4, -0.2) is 39.7 Å². The van der Waals surface area contributed by atoms with E-state index in [0.717, 1.165) is 48.7 Å². The monoisotopic (exact) mass is 412 g/mol. The van der Waals surface area contributed by atoms with Crippen LogP contribution in [0, 0.1) is 11.2 Å². The largest absolute Gasteiger partial charge is 0.460 e. The molecule has 1 spiro atoms. The first-order chi connectivity index (χ1) is 14.1. The number of carbonyl (C=O) groups is 1. The zero-order chi connectivity index (χ0) is 19.8. The Bertz CT molecular complexity index is 994. The van der Waals surface area contributed by atoms with E-state index < -0.39 is 0 Å². The summed E-state index contributed by atoms with van der Waals surface area (Å²) in [5, 5.41) is 2.94. The van der Waals surface area contributed by atoms with Gasteiger partial charge in [-0.2, -0.15) is 0 Å². The van der Waals surface area contributed by atoms with E-state index in [9.17, 15) is 9.18 Å². The number of piperidine rings is 1. The van der Waals surface area contributed by atoms with Crippen LogP contribution in [0.4, 0.5) is 9.52 Å². The molecule has 2 aliphatic rings. The van der Waals surface area contributed by atoms with Crippen molar-refractivity contribution >= 4 is 22.4 Å². The third-order valence-electron chi connectivity index (χ3n) is 5.92. The Hall–Kier alpha value is -2.74. The molecule has 0 radical (unpaired) electrons. The summed E-state index contributed by atoms with van der Waals surface area (Å²) in [7, 11) is 0. The molecule has 6 nitrogen and oxygen atoms in total. The van der Waals surface area contributed by atoms with Crippen LogP contribution in [-0.2, 0) is 16.1 Å². The van der Waals surface area contributed by atoms with E-state index in [-0.39, 0.29) is 23.3 Å². The number of benzene rings is 1. The minimum absolute atomic E-state index is 0.0617. The summed E-state index contributed by atoms with van der Waals surface area (Å²) in [6.07, 6.45) is 7.60. The maximum atomic E-state index is 13.1. The number of rotatable bonds is 4. The van der Waals surface area contributed by atoms with Gasteiger partial charge >= 0.3 is 5.97 Å². The third kappa shape index (κ3) is 3.53. The van der Waals surface area contributed by atoms with Gasteiger partial charge < -0.3 is 14.2 Å². The first kappa shape index (κ1) is 18.3. The molecule has 2 fully saturated rings. The number of halogens is 1. The lowest BCUT2D eigenvalue weighted by Crippen LogP contribution is -2.42. The Morgan fingerprint density at radius 3 is 2.76 bits per heavy atom. The van der Waals surface area contributed by atoms with E-state index in [0.29, 0.717) is 6.54 Å². The Balaban J connectivity index is 1.24. The molecule has 0 saturated carbocycles. The summed E-state index contributed by atoms with van der Waals surface area (Å²) >= 11 is 1.58. The molecule has 3 aromatic rings. The van der Waals surface area contributed by atoms with Gasteiger partial charge in [-0.25, -0.2) is 14.4 Å². The smallest absolute Gasteiger partial charge is 0.312 e. The predicted octanol–water partition coefficient (Wildman–Crippen LogP) is 3.75. The lowest BCUT2D eigenvalue weighted by Gasteiger charge is -2.36. The number of hydrogen-bond donors (Lipinski definition) is 0. The molecule has 0 N–H and O–H groups in total. The van der Waals surface area contributed by atoms with Crippen LogP contribution in [0.2, 0.25) is 0 Å². The minimum atomic E-state index is -0.376. The van der Waals surface area contributed by atoms with Gasteiger partial charge in [0.2, 0.25) is 0 Å². The van der Waals surface area contributed by atoms with Crippen LogP contribution in [0.15, 0.2) is 48.4 Å². The van der Waals surface area contributed by atoms with Crippen molar-refractivity contribution in [3.05, 3.63) is 54.2 Å². The standard InChI is InChI=1S/C21H21FN4O2S/c22-16-3-1-15(2-4-16)18-13-29-20(24-18)26-8-5-21(6-9-26)11-17(28-19(21)27)12-25-10-7-23-14-25/h1-4,7,10,13-14,17H,5-6,8-9,11-12H2. The van der Waals surface area contributed by atoms with Crippen molar-refractivity contribution in [2.45, 2.75) is 31.9 Å². The van der Waals surface area contributed by atoms with Crippen molar-refractivity contribution in [1.29, 1.82) is 0 Å². The van der Waals surface area contributed by atoms with Crippen LogP contribution in [0.1, 0.15) is 19.3 Å². The topological polar surface area (TPSA) is 60.3 Å². The van der Waals surface area contributed by atoms with Crippen LogP contribution in [0.25, 0.3) is 11.3 Å². The van der Waals surface area contributed by atoms with Gasteiger partial charge in [0, 0.05) is 42.8 Å². The average molecular weight is 412 g/mol. The normalized spacial score (nSPS) is 20.9. The molecule has 0 bridgehead atoms. The van der Waals surface area contributed by atoms with E-state index in [1.807, 2.05) is 16.1 Å². The molecule has 8 heteroatoms. The van der Waals surface area contributed by atoms with Crippen molar-refractivity contribution in [3.8, 4) is 11.3 Å². The molecular formula is C21H21FN4O2S. The fourth-order valence-electron chi connectivity index (χ4n) is 4.27. The van der Waals surface area contributed by atoms with Gasteiger partial charge in [0.25, 0.3) is 0 Å². The van der Waals surface area contributed by atoms with Crippen molar-refractivity contribution in [1.82, 2.24) is 14.5 Å². The number of thiazole rings is 1. The summed E-state index contributed by atoms with van der Waals surface area (Å²) in [6.45, 7) is 2.22. The molecule has 4 heterocycles. The molecule has 1 atom stereocenters. The van der Waals surface area contributed by atoms with Gasteiger partial charge in [-0.1, -0.05) is 0 Å². The zero-order valence-electron chi connectivity index (χ0n) is 15.8. The Kier molecular flexibility index (Phi) is 4.58.